The molecule has 0 bridgehead atoms. The van der Waals surface area contributed by atoms with E-state index in [-0.39, 0.29) is 5.92 Å². The number of piperidine rings is 1. The van der Waals surface area contributed by atoms with E-state index in [1.165, 1.54) is 0 Å². The minimum atomic E-state index is 0.210. The predicted molar refractivity (Wildman–Crippen MR) is 93.3 cm³/mol. The van der Waals surface area contributed by atoms with Crippen molar-refractivity contribution in [2.75, 3.05) is 32.2 Å². The van der Waals surface area contributed by atoms with E-state index in [0.717, 1.165) is 42.9 Å². The van der Waals surface area contributed by atoms with Crippen molar-refractivity contribution in [3.8, 4) is 11.8 Å². The molecule has 0 amide bonds. The second-order valence-corrected chi connectivity index (χ2v) is 6.06. The molecule has 1 fully saturated rings. The molecule has 1 unspecified atom stereocenters. The van der Waals surface area contributed by atoms with Gasteiger partial charge in [-0.1, -0.05) is 12.1 Å². The lowest BCUT2D eigenvalue weighted by atomic mass is 9.98. The molecule has 2 aromatic heterocycles. The van der Waals surface area contributed by atoms with Crippen molar-refractivity contribution < 1.29 is 13.9 Å². The Hall–Kier alpha value is -2.83. The molecule has 1 saturated heterocycles. The molecule has 1 atom stereocenters. The first-order valence-corrected chi connectivity index (χ1v) is 8.34. The van der Waals surface area contributed by atoms with Gasteiger partial charge in [0, 0.05) is 13.1 Å². The topological polar surface area (TPSA) is 73.5 Å². The first kappa shape index (κ1) is 15.7. The fourth-order valence-electron chi connectivity index (χ4n) is 3.17. The molecule has 25 heavy (non-hydrogen) atoms. The first-order valence-electron chi connectivity index (χ1n) is 8.34. The molecule has 0 saturated carbocycles. The van der Waals surface area contributed by atoms with Crippen LogP contribution < -0.4 is 14.4 Å². The number of hydrogen-bond donors (Lipinski definition) is 0. The summed E-state index contributed by atoms with van der Waals surface area (Å²) in [5.74, 6) is 2.58. The van der Waals surface area contributed by atoms with Gasteiger partial charge in [-0.05, 0) is 25.0 Å². The van der Waals surface area contributed by atoms with E-state index in [1.807, 2.05) is 24.3 Å². The average molecular weight is 340 g/mol. The zero-order valence-corrected chi connectivity index (χ0v) is 14.3. The lowest BCUT2D eigenvalue weighted by molar-refractivity contribution is 0.368. The Morgan fingerprint density at radius 1 is 1.08 bits per heavy atom. The van der Waals surface area contributed by atoms with Crippen molar-refractivity contribution in [3.05, 3.63) is 36.2 Å². The van der Waals surface area contributed by atoms with Crippen LogP contribution in [0.25, 0.3) is 11.1 Å². The molecule has 1 aliphatic heterocycles. The predicted octanol–water partition coefficient (Wildman–Crippen LogP) is 3.02. The average Bonchev–Trinajstić information content (AvgIpc) is 3.12. The van der Waals surface area contributed by atoms with Crippen LogP contribution in [0.4, 0.5) is 5.95 Å². The second kappa shape index (κ2) is 6.58. The Morgan fingerprint density at radius 2 is 1.84 bits per heavy atom. The minimum Gasteiger partial charge on any atom is -0.481 e. The lowest BCUT2D eigenvalue weighted by Crippen LogP contribution is -2.35. The summed E-state index contributed by atoms with van der Waals surface area (Å²) in [5, 5.41) is 0. The summed E-state index contributed by atoms with van der Waals surface area (Å²) in [7, 11) is 3.17. The maximum Gasteiger partial charge on any atom is 0.231 e. The van der Waals surface area contributed by atoms with E-state index >= 15 is 0 Å². The van der Waals surface area contributed by atoms with Crippen molar-refractivity contribution in [3.63, 3.8) is 0 Å². The molecular formula is C18H20N4O3. The van der Waals surface area contributed by atoms with E-state index in [0.29, 0.717) is 17.7 Å². The van der Waals surface area contributed by atoms with Gasteiger partial charge in [-0.3, -0.25) is 0 Å². The Bertz CT molecular complexity index is 824. The fraction of sp³-hybridized carbons (Fsp3) is 0.389. The van der Waals surface area contributed by atoms with Gasteiger partial charge in [0.2, 0.25) is 17.7 Å². The summed E-state index contributed by atoms with van der Waals surface area (Å²) in [6, 6.07) is 9.52. The van der Waals surface area contributed by atoms with Gasteiger partial charge >= 0.3 is 0 Å². The zero-order chi connectivity index (χ0) is 17.2. The van der Waals surface area contributed by atoms with Crippen molar-refractivity contribution in [1.82, 2.24) is 15.0 Å². The highest BCUT2D eigenvalue weighted by Crippen LogP contribution is 2.31. The Labute approximate surface area is 145 Å². The number of ether oxygens (including phenoxy) is 2. The van der Waals surface area contributed by atoms with Gasteiger partial charge in [0.05, 0.1) is 26.2 Å². The number of methoxy groups -OCH3 is 2. The molecule has 0 aliphatic carbocycles. The number of fused-ring (bicyclic) bond motifs is 1. The molecule has 1 aliphatic rings. The minimum absolute atomic E-state index is 0.210. The van der Waals surface area contributed by atoms with E-state index < -0.39 is 0 Å². The number of nitrogens with zero attached hydrogens (tertiary/aromatic N) is 4. The molecule has 0 spiro atoms. The van der Waals surface area contributed by atoms with Crippen LogP contribution in [-0.4, -0.2) is 42.3 Å². The molecule has 1 aromatic carbocycles. The molecule has 3 heterocycles. The van der Waals surface area contributed by atoms with Crippen LogP contribution in [0.3, 0.4) is 0 Å². The summed E-state index contributed by atoms with van der Waals surface area (Å²) in [4.78, 5) is 15.7. The summed E-state index contributed by atoms with van der Waals surface area (Å²) < 4.78 is 16.5. The molecule has 7 nitrogen and oxygen atoms in total. The summed E-state index contributed by atoms with van der Waals surface area (Å²) in [6.07, 6.45) is 2.05. The Kier molecular flexibility index (Phi) is 4.13. The number of oxazole rings is 1. The summed E-state index contributed by atoms with van der Waals surface area (Å²) in [5.41, 5.74) is 1.72. The van der Waals surface area contributed by atoms with Gasteiger partial charge in [0.25, 0.3) is 0 Å². The monoisotopic (exact) mass is 340 g/mol. The van der Waals surface area contributed by atoms with Crippen LogP contribution in [0, 0.1) is 0 Å². The van der Waals surface area contributed by atoms with E-state index in [2.05, 4.69) is 19.9 Å². The highest BCUT2D eigenvalue weighted by molar-refractivity contribution is 5.72. The zero-order valence-electron chi connectivity index (χ0n) is 14.3. The standard InChI is InChI=1S/C18H20N4O3/c1-23-15-10-16(24-2)21-18(20-15)22-9-5-6-12(11-22)17-19-13-7-3-4-8-14(13)25-17/h3-4,7-8,10,12H,5-6,9,11H2,1-2H3. The van der Waals surface area contributed by atoms with Crippen LogP contribution in [0.15, 0.2) is 34.7 Å². The summed E-state index contributed by atoms with van der Waals surface area (Å²) >= 11 is 0. The van der Waals surface area contributed by atoms with Crippen LogP contribution in [-0.2, 0) is 0 Å². The lowest BCUT2D eigenvalue weighted by Gasteiger charge is -2.31. The number of hydrogen-bond acceptors (Lipinski definition) is 7. The van der Waals surface area contributed by atoms with Gasteiger partial charge in [0.1, 0.15) is 5.52 Å². The van der Waals surface area contributed by atoms with Gasteiger partial charge in [-0.15, -0.1) is 0 Å². The van der Waals surface area contributed by atoms with E-state index in [9.17, 15) is 0 Å². The van der Waals surface area contributed by atoms with Crippen molar-refractivity contribution in [2.24, 2.45) is 0 Å². The third kappa shape index (κ3) is 3.09. The number of rotatable bonds is 4. The number of aromatic nitrogens is 3. The van der Waals surface area contributed by atoms with Gasteiger partial charge in [-0.2, -0.15) is 9.97 Å². The highest BCUT2D eigenvalue weighted by Gasteiger charge is 2.27. The molecule has 3 aromatic rings. The van der Waals surface area contributed by atoms with E-state index in [4.69, 9.17) is 13.9 Å². The van der Waals surface area contributed by atoms with Gasteiger partial charge in [-0.25, -0.2) is 4.98 Å². The van der Waals surface area contributed by atoms with Crippen LogP contribution in [0.5, 0.6) is 11.8 Å². The molecule has 7 heteroatoms. The molecule has 0 radical (unpaired) electrons. The van der Waals surface area contributed by atoms with Gasteiger partial charge in [0.15, 0.2) is 11.5 Å². The highest BCUT2D eigenvalue weighted by atomic mass is 16.5. The maximum atomic E-state index is 5.95. The Balaban J connectivity index is 1.60. The SMILES string of the molecule is COc1cc(OC)nc(N2CCCC(c3nc4ccccc4o3)C2)n1. The number of benzene rings is 1. The largest absolute Gasteiger partial charge is 0.481 e. The third-order valence-electron chi connectivity index (χ3n) is 4.45. The third-order valence-corrected chi connectivity index (χ3v) is 4.45. The quantitative estimate of drug-likeness (QED) is 0.723. The van der Waals surface area contributed by atoms with Crippen LogP contribution >= 0.6 is 0 Å². The maximum absolute atomic E-state index is 5.95. The van der Waals surface area contributed by atoms with Crippen LogP contribution in [0.1, 0.15) is 24.7 Å². The normalized spacial score (nSPS) is 17.7. The fourth-order valence-corrected chi connectivity index (χ4v) is 3.17. The number of para-hydroxylation sites is 2. The second-order valence-electron chi connectivity index (χ2n) is 6.06. The molecule has 4 rings (SSSR count). The Morgan fingerprint density at radius 3 is 2.56 bits per heavy atom. The van der Waals surface area contributed by atoms with Crippen molar-refractivity contribution in [2.45, 2.75) is 18.8 Å². The van der Waals surface area contributed by atoms with Crippen LogP contribution in [0.2, 0.25) is 0 Å². The first-order chi connectivity index (χ1) is 12.3. The number of anilines is 1. The molecule has 0 N–H and O–H groups in total. The molecule has 130 valence electrons. The summed E-state index contributed by atoms with van der Waals surface area (Å²) in [6.45, 7) is 1.64. The van der Waals surface area contributed by atoms with Crippen molar-refractivity contribution in [1.29, 1.82) is 0 Å². The van der Waals surface area contributed by atoms with E-state index in [1.54, 1.807) is 20.3 Å². The van der Waals surface area contributed by atoms with Crippen molar-refractivity contribution >= 4 is 17.0 Å². The smallest absolute Gasteiger partial charge is 0.231 e. The molecular weight excluding hydrogens is 320 g/mol. The van der Waals surface area contributed by atoms with Gasteiger partial charge < -0.3 is 18.8 Å².